The van der Waals surface area contributed by atoms with Crippen LogP contribution in [0, 0.1) is 0 Å². The molecule has 0 saturated carbocycles. The van der Waals surface area contributed by atoms with Gasteiger partial charge in [-0.1, -0.05) is 54.6 Å². The molecule has 0 spiro atoms. The number of hydrogen-bond acceptors (Lipinski definition) is 4. The van der Waals surface area contributed by atoms with Gasteiger partial charge in [-0.2, -0.15) is 0 Å². The molecule has 5 heteroatoms. The smallest absolute Gasteiger partial charge is 0.166 e. The predicted molar refractivity (Wildman–Crippen MR) is 119 cm³/mol. The van der Waals surface area contributed by atoms with Crippen LogP contribution in [0.3, 0.4) is 0 Å². The van der Waals surface area contributed by atoms with Crippen LogP contribution in [-0.2, 0) is 19.6 Å². The Morgan fingerprint density at radius 3 is 2.21 bits per heavy atom. The lowest BCUT2D eigenvalue weighted by Gasteiger charge is -2.16. The van der Waals surface area contributed by atoms with E-state index in [1.54, 1.807) is 14.2 Å². The van der Waals surface area contributed by atoms with E-state index in [2.05, 4.69) is 35.6 Å². The second-order valence-corrected chi connectivity index (χ2v) is 6.50. The molecule has 1 N–H and O–H groups in total. The monoisotopic (exact) mass is 413 g/mol. The summed E-state index contributed by atoms with van der Waals surface area (Å²) in [6, 6.07) is 24.3. The van der Waals surface area contributed by atoms with Crippen molar-refractivity contribution in [2.24, 2.45) is 0 Å². The van der Waals surface area contributed by atoms with E-state index in [-0.39, 0.29) is 12.4 Å². The number of ether oxygens (including phenoxy) is 3. The number of halogens is 1. The molecule has 0 bridgehead atoms. The average Bonchev–Trinajstić information content (AvgIpc) is 2.76. The summed E-state index contributed by atoms with van der Waals surface area (Å²) in [7, 11) is 3.35. The van der Waals surface area contributed by atoms with Crippen molar-refractivity contribution in [3.05, 3.63) is 89.5 Å². The van der Waals surface area contributed by atoms with Crippen molar-refractivity contribution in [2.45, 2.75) is 19.6 Å². The molecular weight excluding hydrogens is 386 g/mol. The van der Waals surface area contributed by atoms with Gasteiger partial charge in [0.25, 0.3) is 0 Å². The summed E-state index contributed by atoms with van der Waals surface area (Å²) in [5.74, 6) is 2.43. The third kappa shape index (κ3) is 6.70. The van der Waals surface area contributed by atoms with Crippen molar-refractivity contribution in [1.82, 2.24) is 5.32 Å². The number of rotatable bonds is 10. The van der Waals surface area contributed by atoms with Gasteiger partial charge >= 0.3 is 0 Å². The molecule has 0 fully saturated rings. The standard InChI is InChI=1S/C24H27NO3.ClH/c1-26-22-13-11-19(12-14-22)15-16-25-17-21-9-6-10-23(27-2)24(21)28-18-20-7-4-3-5-8-20;/h3-14,25H,15-18H2,1-2H3;1H. The maximum absolute atomic E-state index is 6.11. The van der Waals surface area contributed by atoms with Crippen molar-refractivity contribution in [2.75, 3.05) is 20.8 Å². The zero-order valence-corrected chi connectivity index (χ0v) is 17.7. The Kier molecular flexibility index (Phi) is 9.35. The van der Waals surface area contributed by atoms with Crippen LogP contribution < -0.4 is 19.5 Å². The van der Waals surface area contributed by atoms with Crippen LogP contribution in [-0.4, -0.2) is 20.8 Å². The summed E-state index contributed by atoms with van der Waals surface area (Å²) >= 11 is 0. The fourth-order valence-corrected chi connectivity index (χ4v) is 3.00. The minimum Gasteiger partial charge on any atom is -0.497 e. The van der Waals surface area contributed by atoms with Crippen molar-refractivity contribution >= 4 is 12.4 Å². The first-order valence-corrected chi connectivity index (χ1v) is 9.46. The van der Waals surface area contributed by atoms with Crippen LogP contribution in [0.2, 0.25) is 0 Å². The van der Waals surface area contributed by atoms with E-state index in [4.69, 9.17) is 14.2 Å². The molecule has 154 valence electrons. The molecule has 0 aliphatic rings. The molecule has 0 unspecified atom stereocenters. The lowest BCUT2D eigenvalue weighted by atomic mass is 10.1. The minimum atomic E-state index is 0. The van der Waals surface area contributed by atoms with E-state index in [1.807, 2.05) is 42.5 Å². The molecule has 3 aromatic carbocycles. The van der Waals surface area contributed by atoms with Gasteiger partial charge in [-0.05, 0) is 42.3 Å². The van der Waals surface area contributed by atoms with Crippen molar-refractivity contribution in [1.29, 1.82) is 0 Å². The Bertz CT molecular complexity index is 854. The summed E-state index contributed by atoms with van der Waals surface area (Å²) in [5, 5.41) is 3.50. The van der Waals surface area contributed by atoms with E-state index in [0.29, 0.717) is 6.61 Å². The third-order valence-electron chi connectivity index (χ3n) is 4.57. The van der Waals surface area contributed by atoms with Crippen molar-refractivity contribution < 1.29 is 14.2 Å². The van der Waals surface area contributed by atoms with Crippen LogP contribution in [0.1, 0.15) is 16.7 Å². The summed E-state index contributed by atoms with van der Waals surface area (Å²) in [4.78, 5) is 0. The fourth-order valence-electron chi connectivity index (χ4n) is 3.00. The van der Waals surface area contributed by atoms with Crippen LogP contribution in [0.25, 0.3) is 0 Å². The molecule has 0 aliphatic carbocycles. The molecule has 3 aromatic rings. The van der Waals surface area contributed by atoms with Gasteiger partial charge in [0.2, 0.25) is 0 Å². The van der Waals surface area contributed by atoms with E-state index in [0.717, 1.165) is 47.9 Å². The van der Waals surface area contributed by atoms with Gasteiger partial charge in [-0.3, -0.25) is 0 Å². The van der Waals surface area contributed by atoms with E-state index in [1.165, 1.54) is 5.56 Å². The maximum Gasteiger partial charge on any atom is 0.166 e. The van der Waals surface area contributed by atoms with Crippen LogP contribution in [0.5, 0.6) is 17.2 Å². The molecule has 0 saturated heterocycles. The Labute approximate surface area is 179 Å². The van der Waals surface area contributed by atoms with Gasteiger partial charge in [0.05, 0.1) is 14.2 Å². The van der Waals surface area contributed by atoms with Gasteiger partial charge in [0.1, 0.15) is 12.4 Å². The first-order chi connectivity index (χ1) is 13.8. The van der Waals surface area contributed by atoms with Crippen LogP contribution in [0.15, 0.2) is 72.8 Å². The van der Waals surface area contributed by atoms with E-state index >= 15 is 0 Å². The van der Waals surface area contributed by atoms with Gasteiger partial charge in [-0.15, -0.1) is 12.4 Å². The Morgan fingerprint density at radius 2 is 1.52 bits per heavy atom. The Morgan fingerprint density at radius 1 is 0.759 bits per heavy atom. The van der Waals surface area contributed by atoms with Crippen LogP contribution >= 0.6 is 12.4 Å². The number of hydrogen-bond donors (Lipinski definition) is 1. The van der Waals surface area contributed by atoms with Gasteiger partial charge in [0, 0.05) is 12.1 Å². The lowest BCUT2D eigenvalue weighted by molar-refractivity contribution is 0.280. The second-order valence-electron chi connectivity index (χ2n) is 6.50. The molecule has 29 heavy (non-hydrogen) atoms. The number of methoxy groups -OCH3 is 2. The zero-order chi connectivity index (χ0) is 19.6. The summed E-state index contributed by atoms with van der Waals surface area (Å²) in [6.07, 6.45) is 0.953. The van der Waals surface area contributed by atoms with Crippen molar-refractivity contribution in [3.63, 3.8) is 0 Å². The van der Waals surface area contributed by atoms with Gasteiger partial charge in [0.15, 0.2) is 11.5 Å². The summed E-state index contributed by atoms with van der Waals surface area (Å²) in [6.45, 7) is 2.11. The largest absolute Gasteiger partial charge is 0.497 e. The highest BCUT2D eigenvalue weighted by atomic mass is 35.5. The highest BCUT2D eigenvalue weighted by Crippen LogP contribution is 2.31. The quantitative estimate of drug-likeness (QED) is 0.473. The zero-order valence-electron chi connectivity index (χ0n) is 16.9. The van der Waals surface area contributed by atoms with E-state index in [9.17, 15) is 0 Å². The highest BCUT2D eigenvalue weighted by molar-refractivity contribution is 5.85. The fraction of sp³-hybridized carbons (Fsp3) is 0.250. The van der Waals surface area contributed by atoms with Gasteiger partial charge in [-0.25, -0.2) is 0 Å². The lowest BCUT2D eigenvalue weighted by Crippen LogP contribution is -2.17. The molecule has 3 rings (SSSR count). The SMILES string of the molecule is COc1ccc(CCNCc2cccc(OC)c2OCc2ccccc2)cc1.Cl. The predicted octanol–water partition coefficient (Wildman–Crippen LogP) is 5.04. The van der Waals surface area contributed by atoms with Gasteiger partial charge < -0.3 is 19.5 Å². The molecule has 0 aliphatic heterocycles. The minimum absolute atomic E-state index is 0. The molecule has 0 atom stereocenters. The number of nitrogens with one attached hydrogen (secondary N) is 1. The Hall–Kier alpha value is -2.69. The average molecular weight is 414 g/mol. The first kappa shape index (κ1) is 22.6. The maximum atomic E-state index is 6.11. The summed E-state index contributed by atoms with van der Waals surface area (Å²) < 4.78 is 16.8. The topological polar surface area (TPSA) is 39.7 Å². The molecule has 4 nitrogen and oxygen atoms in total. The van der Waals surface area contributed by atoms with Crippen LogP contribution in [0.4, 0.5) is 0 Å². The molecule has 0 radical (unpaired) electrons. The Balaban J connectivity index is 0.00000300. The highest BCUT2D eigenvalue weighted by Gasteiger charge is 2.10. The van der Waals surface area contributed by atoms with E-state index < -0.39 is 0 Å². The third-order valence-corrected chi connectivity index (χ3v) is 4.57. The second kappa shape index (κ2) is 12.0. The molecule has 0 heterocycles. The molecule has 0 aromatic heterocycles. The normalized spacial score (nSPS) is 10.1. The molecular formula is C24H28ClNO3. The molecule has 0 amide bonds. The number of para-hydroxylation sites is 1. The first-order valence-electron chi connectivity index (χ1n) is 9.46. The number of benzene rings is 3. The summed E-state index contributed by atoms with van der Waals surface area (Å²) in [5.41, 5.74) is 3.50. The van der Waals surface area contributed by atoms with Crippen molar-refractivity contribution in [3.8, 4) is 17.2 Å².